The number of H-pyrrole nitrogens is 1. The SMILES string of the molecule is Oc1ccc2c(I)n[nH]c2c1. The summed E-state index contributed by atoms with van der Waals surface area (Å²) in [7, 11) is 0. The molecule has 0 bridgehead atoms. The van der Waals surface area contributed by atoms with E-state index in [0.717, 1.165) is 14.6 Å². The first-order valence-corrected chi connectivity index (χ1v) is 4.18. The number of nitrogens with zero attached hydrogens (tertiary/aromatic N) is 1. The molecule has 4 heteroatoms. The molecular formula is C7H5IN2O. The Morgan fingerprint density at radius 3 is 3.09 bits per heavy atom. The Morgan fingerprint density at radius 1 is 1.45 bits per heavy atom. The molecule has 0 fully saturated rings. The maximum Gasteiger partial charge on any atom is 0.130 e. The van der Waals surface area contributed by atoms with Gasteiger partial charge in [-0.05, 0) is 34.7 Å². The van der Waals surface area contributed by atoms with E-state index < -0.39 is 0 Å². The number of fused-ring (bicyclic) bond motifs is 1. The van der Waals surface area contributed by atoms with Crippen molar-refractivity contribution in [1.29, 1.82) is 0 Å². The number of aromatic hydroxyl groups is 1. The molecule has 1 aromatic carbocycles. The molecule has 11 heavy (non-hydrogen) atoms. The Morgan fingerprint density at radius 2 is 2.27 bits per heavy atom. The van der Waals surface area contributed by atoms with E-state index in [0.29, 0.717) is 0 Å². The fourth-order valence-electron chi connectivity index (χ4n) is 0.974. The lowest BCUT2D eigenvalue weighted by molar-refractivity contribution is 0.476. The van der Waals surface area contributed by atoms with E-state index in [2.05, 4.69) is 32.8 Å². The first kappa shape index (κ1) is 6.90. The lowest BCUT2D eigenvalue weighted by Gasteiger charge is -1.89. The lowest BCUT2D eigenvalue weighted by atomic mass is 10.2. The van der Waals surface area contributed by atoms with Gasteiger partial charge in [-0.3, -0.25) is 5.10 Å². The molecule has 0 aliphatic rings. The number of nitrogens with one attached hydrogen (secondary N) is 1. The highest BCUT2D eigenvalue weighted by atomic mass is 127. The Bertz CT molecular complexity index is 396. The van der Waals surface area contributed by atoms with E-state index in [9.17, 15) is 0 Å². The predicted molar refractivity (Wildman–Crippen MR) is 50.5 cm³/mol. The van der Waals surface area contributed by atoms with Crippen LogP contribution in [0, 0.1) is 3.70 Å². The average molecular weight is 260 g/mol. The molecule has 0 aliphatic heterocycles. The van der Waals surface area contributed by atoms with Gasteiger partial charge in [-0.1, -0.05) is 0 Å². The quantitative estimate of drug-likeness (QED) is 0.710. The van der Waals surface area contributed by atoms with Crippen LogP contribution in [0.5, 0.6) is 5.75 Å². The highest BCUT2D eigenvalue weighted by Gasteiger charge is 2.01. The molecule has 56 valence electrons. The number of phenols is 1. The third kappa shape index (κ3) is 1.07. The first-order chi connectivity index (χ1) is 5.27. The molecular weight excluding hydrogens is 255 g/mol. The van der Waals surface area contributed by atoms with E-state index >= 15 is 0 Å². The van der Waals surface area contributed by atoms with E-state index in [-0.39, 0.29) is 5.75 Å². The van der Waals surface area contributed by atoms with E-state index in [1.165, 1.54) is 0 Å². The molecule has 1 aromatic heterocycles. The van der Waals surface area contributed by atoms with Crippen molar-refractivity contribution in [1.82, 2.24) is 10.2 Å². The largest absolute Gasteiger partial charge is 0.508 e. The summed E-state index contributed by atoms with van der Waals surface area (Å²) in [6.07, 6.45) is 0. The molecule has 0 unspecified atom stereocenters. The molecule has 1 heterocycles. The Labute approximate surface area is 76.6 Å². The smallest absolute Gasteiger partial charge is 0.130 e. The van der Waals surface area contributed by atoms with Crippen molar-refractivity contribution in [3.63, 3.8) is 0 Å². The van der Waals surface area contributed by atoms with Crippen molar-refractivity contribution < 1.29 is 5.11 Å². The van der Waals surface area contributed by atoms with Crippen LogP contribution in [-0.4, -0.2) is 15.3 Å². The van der Waals surface area contributed by atoms with Crippen molar-refractivity contribution in [2.45, 2.75) is 0 Å². The minimum Gasteiger partial charge on any atom is -0.508 e. The van der Waals surface area contributed by atoms with Crippen LogP contribution in [0.15, 0.2) is 18.2 Å². The second-order valence-corrected chi connectivity index (χ2v) is 3.27. The number of benzene rings is 1. The zero-order valence-corrected chi connectivity index (χ0v) is 7.66. The highest BCUT2D eigenvalue weighted by Crippen LogP contribution is 2.21. The minimum atomic E-state index is 0.262. The Balaban J connectivity index is 2.86. The normalized spacial score (nSPS) is 10.6. The molecule has 2 aromatic rings. The maximum atomic E-state index is 9.09. The summed E-state index contributed by atoms with van der Waals surface area (Å²) in [5.74, 6) is 0.262. The van der Waals surface area contributed by atoms with Gasteiger partial charge in [0.15, 0.2) is 0 Å². The number of hydrogen-bond donors (Lipinski definition) is 2. The molecule has 0 saturated heterocycles. The van der Waals surface area contributed by atoms with Gasteiger partial charge in [0, 0.05) is 11.5 Å². The maximum absolute atomic E-state index is 9.09. The summed E-state index contributed by atoms with van der Waals surface area (Å²) < 4.78 is 0.928. The number of hydrogen-bond acceptors (Lipinski definition) is 2. The van der Waals surface area contributed by atoms with Gasteiger partial charge in [0.1, 0.15) is 9.45 Å². The third-order valence-corrected chi connectivity index (χ3v) is 2.32. The van der Waals surface area contributed by atoms with Crippen LogP contribution < -0.4 is 0 Å². The Kier molecular flexibility index (Phi) is 1.49. The minimum absolute atomic E-state index is 0.262. The van der Waals surface area contributed by atoms with Crippen molar-refractivity contribution in [3.05, 3.63) is 21.9 Å². The van der Waals surface area contributed by atoms with Crippen molar-refractivity contribution in [2.24, 2.45) is 0 Å². The average Bonchev–Trinajstić information content (AvgIpc) is 2.32. The number of rotatable bonds is 0. The van der Waals surface area contributed by atoms with Crippen molar-refractivity contribution >= 4 is 33.5 Å². The summed E-state index contributed by atoms with van der Waals surface area (Å²) in [5.41, 5.74) is 0.870. The summed E-state index contributed by atoms with van der Waals surface area (Å²) in [5, 5.41) is 16.9. The van der Waals surface area contributed by atoms with Gasteiger partial charge in [-0.15, -0.1) is 0 Å². The second kappa shape index (κ2) is 2.37. The van der Waals surface area contributed by atoms with Gasteiger partial charge < -0.3 is 5.11 Å². The van der Waals surface area contributed by atoms with Gasteiger partial charge in [-0.25, -0.2) is 0 Å². The number of aromatic amines is 1. The van der Waals surface area contributed by atoms with Gasteiger partial charge in [0.05, 0.1) is 5.52 Å². The van der Waals surface area contributed by atoms with Crippen LogP contribution in [0.25, 0.3) is 10.9 Å². The van der Waals surface area contributed by atoms with Crippen LogP contribution in [-0.2, 0) is 0 Å². The number of phenolic OH excluding ortho intramolecular Hbond substituents is 1. The van der Waals surface area contributed by atoms with Crippen LogP contribution in [0.4, 0.5) is 0 Å². The molecule has 0 atom stereocenters. The van der Waals surface area contributed by atoms with Crippen molar-refractivity contribution in [3.8, 4) is 5.75 Å². The summed E-state index contributed by atoms with van der Waals surface area (Å²) in [4.78, 5) is 0. The molecule has 0 spiro atoms. The molecule has 2 rings (SSSR count). The van der Waals surface area contributed by atoms with Crippen LogP contribution in [0.3, 0.4) is 0 Å². The zero-order valence-electron chi connectivity index (χ0n) is 5.50. The van der Waals surface area contributed by atoms with Crippen LogP contribution >= 0.6 is 22.6 Å². The van der Waals surface area contributed by atoms with E-state index in [4.69, 9.17) is 5.11 Å². The molecule has 2 N–H and O–H groups in total. The molecule has 0 aliphatic carbocycles. The summed E-state index contributed by atoms with van der Waals surface area (Å²) >= 11 is 2.14. The monoisotopic (exact) mass is 260 g/mol. The molecule has 3 nitrogen and oxygen atoms in total. The number of aromatic nitrogens is 2. The van der Waals surface area contributed by atoms with Gasteiger partial charge in [0.25, 0.3) is 0 Å². The van der Waals surface area contributed by atoms with Gasteiger partial charge in [0.2, 0.25) is 0 Å². The summed E-state index contributed by atoms with van der Waals surface area (Å²) in [6.45, 7) is 0. The van der Waals surface area contributed by atoms with E-state index in [1.807, 2.05) is 6.07 Å². The van der Waals surface area contributed by atoms with Gasteiger partial charge in [-0.2, -0.15) is 5.10 Å². The fourth-order valence-corrected chi connectivity index (χ4v) is 1.57. The predicted octanol–water partition coefficient (Wildman–Crippen LogP) is 1.87. The van der Waals surface area contributed by atoms with Crippen LogP contribution in [0.1, 0.15) is 0 Å². The highest BCUT2D eigenvalue weighted by molar-refractivity contribution is 14.1. The standard InChI is InChI=1S/C7H5IN2O/c8-7-5-2-1-4(11)3-6(5)9-10-7/h1-3,11H,(H,9,10). The number of halogens is 1. The first-order valence-electron chi connectivity index (χ1n) is 3.10. The second-order valence-electron chi connectivity index (χ2n) is 2.24. The fraction of sp³-hybridized carbons (Fsp3) is 0. The van der Waals surface area contributed by atoms with Gasteiger partial charge >= 0.3 is 0 Å². The topological polar surface area (TPSA) is 48.9 Å². The van der Waals surface area contributed by atoms with Crippen molar-refractivity contribution in [2.75, 3.05) is 0 Å². The third-order valence-electron chi connectivity index (χ3n) is 1.50. The van der Waals surface area contributed by atoms with E-state index in [1.54, 1.807) is 12.1 Å². The summed E-state index contributed by atoms with van der Waals surface area (Å²) in [6, 6.07) is 5.15. The zero-order chi connectivity index (χ0) is 7.84. The lowest BCUT2D eigenvalue weighted by Crippen LogP contribution is -1.67. The molecule has 0 amide bonds. The van der Waals surface area contributed by atoms with Crippen LogP contribution in [0.2, 0.25) is 0 Å². The molecule has 0 radical (unpaired) electrons. The Hall–Kier alpha value is -0.780. The molecule has 0 saturated carbocycles.